The van der Waals surface area contributed by atoms with Crippen LogP contribution in [0.3, 0.4) is 0 Å². The maximum atomic E-state index is 13.9. The molecule has 2 amide bonds. The van der Waals surface area contributed by atoms with Crippen LogP contribution < -0.4 is 10.1 Å². The molecule has 1 fully saturated rings. The number of ether oxygens (including phenoxy) is 1. The maximum Gasteiger partial charge on any atom is 0.262 e. The van der Waals surface area contributed by atoms with Crippen molar-refractivity contribution in [3.63, 3.8) is 0 Å². The van der Waals surface area contributed by atoms with Crippen LogP contribution in [0.5, 0.6) is 5.75 Å². The molecule has 3 heterocycles. The van der Waals surface area contributed by atoms with Gasteiger partial charge in [-0.15, -0.1) is 0 Å². The number of carbonyl (C=O) groups excluding carboxylic acids is 2. The van der Waals surface area contributed by atoms with Gasteiger partial charge in [0.15, 0.2) is 6.61 Å². The van der Waals surface area contributed by atoms with E-state index in [1.807, 2.05) is 0 Å². The van der Waals surface area contributed by atoms with E-state index in [9.17, 15) is 18.4 Å². The highest BCUT2D eigenvalue weighted by molar-refractivity contribution is 5.99. The Hall–Kier alpha value is -3.81. The second kappa shape index (κ2) is 9.21. The number of amides is 2. The van der Waals surface area contributed by atoms with Crippen LogP contribution in [0.1, 0.15) is 40.2 Å². The largest absolute Gasteiger partial charge is 0.482 e. The highest BCUT2D eigenvalue weighted by Crippen LogP contribution is 2.38. The van der Waals surface area contributed by atoms with E-state index < -0.39 is 5.95 Å². The fraction of sp³-hybridized carbons (Fsp3) is 0.269. The zero-order valence-electron chi connectivity index (χ0n) is 18.3. The summed E-state index contributed by atoms with van der Waals surface area (Å²) in [5, 5.41) is 2.73. The van der Waals surface area contributed by atoms with Crippen LogP contribution in [0.15, 0.2) is 60.8 Å². The Morgan fingerprint density at radius 2 is 1.79 bits per heavy atom. The number of benzene rings is 2. The molecule has 5 rings (SSSR count). The summed E-state index contributed by atoms with van der Waals surface area (Å²) in [5.74, 6) is -0.691. The van der Waals surface area contributed by atoms with Crippen LogP contribution >= 0.6 is 0 Å². The number of anilines is 1. The van der Waals surface area contributed by atoms with Gasteiger partial charge in [0.1, 0.15) is 11.6 Å². The molecule has 1 atom stereocenters. The first kappa shape index (κ1) is 22.0. The third kappa shape index (κ3) is 4.48. The van der Waals surface area contributed by atoms with Crippen LogP contribution in [-0.4, -0.2) is 41.4 Å². The van der Waals surface area contributed by atoms with E-state index in [-0.39, 0.29) is 36.1 Å². The molecule has 174 valence electrons. The molecule has 2 aliphatic rings. The highest BCUT2D eigenvalue weighted by Gasteiger charge is 2.31. The lowest BCUT2D eigenvalue weighted by atomic mass is 9.76. The molecule has 34 heavy (non-hydrogen) atoms. The number of pyridine rings is 1. The quantitative estimate of drug-likeness (QED) is 0.583. The van der Waals surface area contributed by atoms with Gasteiger partial charge in [-0.3, -0.25) is 9.59 Å². The molecular weight excluding hydrogens is 440 g/mol. The lowest BCUT2D eigenvalue weighted by Crippen LogP contribution is -2.40. The molecule has 2 aliphatic heterocycles. The van der Waals surface area contributed by atoms with Gasteiger partial charge in [0.25, 0.3) is 11.8 Å². The van der Waals surface area contributed by atoms with E-state index in [0.717, 1.165) is 11.1 Å². The van der Waals surface area contributed by atoms with Gasteiger partial charge in [0.2, 0.25) is 5.95 Å². The summed E-state index contributed by atoms with van der Waals surface area (Å²) >= 11 is 0. The predicted molar refractivity (Wildman–Crippen MR) is 122 cm³/mol. The number of nitrogens with one attached hydrogen (secondary N) is 1. The standard InChI is InChI=1S/C26H23F2N3O3/c27-20-4-1-16(2-5-20)25(18-7-10-29-23(28)14-18)17-8-11-31(12-9-17)26(33)19-3-6-22-21(13-19)30-24(32)15-34-22/h1-7,10,13-14,17,25H,8-9,11-12,15H2,(H,30,32)/t25-/m1/s1. The number of fused-ring (bicyclic) bond motifs is 1. The summed E-state index contributed by atoms with van der Waals surface area (Å²) in [4.78, 5) is 30.2. The average molecular weight is 463 g/mol. The van der Waals surface area contributed by atoms with Gasteiger partial charge in [-0.2, -0.15) is 4.39 Å². The third-order valence-corrected chi connectivity index (χ3v) is 6.50. The third-order valence-electron chi connectivity index (χ3n) is 6.50. The average Bonchev–Trinajstić information content (AvgIpc) is 2.85. The molecule has 0 bridgehead atoms. The van der Waals surface area contributed by atoms with Gasteiger partial charge in [-0.05, 0) is 72.4 Å². The molecule has 1 N–H and O–H groups in total. The number of likely N-dealkylation sites (tertiary alicyclic amines) is 1. The van der Waals surface area contributed by atoms with Gasteiger partial charge in [-0.25, -0.2) is 9.37 Å². The molecule has 0 spiro atoms. The van der Waals surface area contributed by atoms with Crippen molar-refractivity contribution in [2.75, 3.05) is 25.0 Å². The van der Waals surface area contributed by atoms with Gasteiger partial charge in [0.05, 0.1) is 5.69 Å². The van der Waals surface area contributed by atoms with Crippen molar-refractivity contribution < 1.29 is 23.1 Å². The zero-order chi connectivity index (χ0) is 23.7. The molecule has 3 aromatic rings. The summed E-state index contributed by atoms with van der Waals surface area (Å²) in [6.45, 7) is 1.04. The first-order valence-corrected chi connectivity index (χ1v) is 11.2. The number of carbonyl (C=O) groups is 2. The van der Waals surface area contributed by atoms with Gasteiger partial charge in [0, 0.05) is 30.8 Å². The molecule has 8 heteroatoms. The molecule has 2 aromatic carbocycles. The number of hydrogen-bond acceptors (Lipinski definition) is 4. The monoisotopic (exact) mass is 463 g/mol. The number of halogens is 2. The lowest BCUT2D eigenvalue weighted by molar-refractivity contribution is -0.118. The molecular formula is C26H23F2N3O3. The Morgan fingerprint density at radius 1 is 1.03 bits per heavy atom. The fourth-order valence-corrected chi connectivity index (χ4v) is 4.85. The topological polar surface area (TPSA) is 71.5 Å². The van der Waals surface area contributed by atoms with E-state index in [0.29, 0.717) is 42.9 Å². The lowest BCUT2D eigenvalue weighted by Gasteiger charge is -2.36. The van der Waals surface area contributed by atoms with Crippen LogP contribution in [0, 0.1) is 17.7 Å². The second-order valence-electron chi connectivity index (χ2n) is 8.62. The Labute approximate surface area is 195 Å². The molecule has 6 nitrogen and oxygen atoms in total. The number of rotatable bonds is 4. The van der Waals surface area contributed by atoms with Crippen LogP contribution in [0.4, 0.5) is 14.5 Å². The molecule has 0 saturated carbocycles. The van der Waals surface area contributed by atoms with Crippen molar-refractivity contribution in [1.82, 2.24) is 9.88 Å². The smallest absolute Gasteiger partial charge is 0.262 e. The summed E-state index contributed by atoms with van der Waals surface area (Å²) in [6.07, 6.45) is 2.86. The minimum atomic E-state index is -0.555. The molecule has 0 aliphatic carbocycles. The Kier molecular flexibility index (Phi) is 5.96. The molecule has 0 unspecified atom stereocenters. The minimum Gasteiger partial charge on any atom is -0.482 e. The highest BCUT2D eigenvalue weighted by atomic mass is 19.1. The van der Waals surface area contributed by atoms with Crippen molar-refractivity contribution >= 4 is 17.5 Å². The number of hydrogen-bond donors (Lipinski definition) is 1. The van der Waals surface area contributed by atoms with Gasteiger partial charge < -0.3 is 15.0 Å². The summed E-state index contributed by atoms with van der Waals surface area (Å²) in [7, 11) is 0. The van der Waals surface area contributed by atoms with Crippen molar-refractivity contribution in [2.24, 2.45) is 5.92 Å². The van der Waals surface area contributed by atoms with Crippen molar-refractivity contribution in [2.45, 2.75) is 18.8 Å². The maximum absolute atomic E-state index is 13.9. The van der Waals surface area contributed by atoms with E-state index in [1.165, 1.54) is 24.4 Å². The Balaban J connectivity index is 1.33. The summed E-state index contributed by atoms with van der Waals surface area (Å²) in [5.41, 5.74) is 2.67. The SMILES string of the molecule is O=C1COc2ccc(C(=O)N3CCC([C@@H](c4ccc(F)cc4)c4ccnc(F)c4)CC3)cc2N1. The van der Waals surface area contributed by atoms with Crippen LogP contribution in [0.2, 0.25) is 0 Å². The summed E-state index contributed by atoms with van der Waals surface area (Å²) in [6, 6.07) is 14.5. The number of nitrogens with zero attached hydrogens (tertiary/aromatic N) is 2. The van der Waals surface area contributed by atoms with Gasteiger partial charge in [-0.1, -0.05) is 12.1 Å². The van der Waals surface area contributed by atoms with E-state index >= 15 is 0 Å². The number of aromatic nitrogens is 1. The van der Waals surface area contributed by atoms with Crippen molar-refractivity contribution in [1.29, 1.82) is 0 Å². The molecule has 1 aromatic heterocycles. The normalized spacial score (nSPS) is 16.9. The van der Waals surface area contributed by atoms with Gasteiger partial charge >= 0.3 is 0 Å². The van der Waals surface area contributed by atoms with E-state index in [1.54, 1.807) is 41.3 Å². The predicted octanol–water partition coefficient (Wildman–Crippen LogP) is 4.38. The number of piperidine rings is 1. The second-order valence-corrected chi connectivity index (χ2v) is 8.62. The van der Waals surface area contributed by atoms with Crippen LogP contribution in [-0.2, 0) is 4.79 Å². The summed E-state index contributed by atoms with van der Waals surface area (Å²) < 4.78 is 32.8. The Bertz CT molecular complexity index is 1220. The zero-order valence-corrected chi connectivity index (χ0v) is 18.3. The van der Waals surface area contributed by atoms with E-state index in [2.05, 4.69) is 10.3 Å². The van der Waals surface area contributed by atoms with Crippen molar-refractivity contribution in [3.8, 4) is 5.75 Å². The minimum absolute atomic E-state index is 0.0373. The molecule has 0 radical (unpaired) electrons. The Morgan fingerprint density at radius 3 is 2.53 bits per heavy atom. The first-order valence-electron chi connectivity index (χ1n) is 11.2. The van der Waals surface area contributed by atoms with Crippen molar-refractivity contribution in [3.05, 3.63) is 89.2 Å². The fourth-order valence-electron chi connectivity index (χ4n) is 4.85. The molecule has 1 saturated heterocycles. The van der Waals surface area contributed by atoms with Crippen LogP contribution in [0.25, 0.3) is 0 Å². The van der Waals surface area contributed by atoms with E-state index in [4.69, 9.17) is 4.74 Å². The first-order chi connectivity index (χ1) is 16.5.